The van der Waals surface area contributed by atoms with Gasteiger partial charge in [0.25, 0.3) is 0 Å². The highest BCUT2D eigenvalue weighted by Gasteiger charge is 2.06. The van der Waals surface area contributed by atoms with Crippen LogP contribution in [0.4, 0.5) is 0 Å². The zero-order valence-corrected chi connectivity index (χ0v) is 17.8. The molecule has 0 amide bonds. The van der Waals surface area contributed by atoms with Crippen molar-refractivity contribution in [1.29, 1.82) is 5.26 Å². The second-order valence-corrected chi connectivity index (χ2v) is 6.41. The third kappa shape index (κ3) is 5.84. The van der Waals surface area contributed by atoms with E-state index in [2.05, 4.69) is 19.9 Å². The van der Waals surface area contributed by atoms with Crippen LogP contribution < -0.4 is 15.2 Å². The number of nitrogens with two attached hydrogens (primary N) is 1. The summed E-state index contributed by atoms with van der Waals surface area (Å²) in [5, 5.41) is 8.84. The molecule has 4 aromatic rings. The molecular weight excluding hydrogens is 404 g/mol. The maximum atomic E-state index is 8.84. The van der Waals surface area contributed by atoms with Crippen molar-refractivity contribution < 1.29 is 9.47 Å². The minimum absolute atomic E-state index is 0.319. The van der Waals surface area contributed by atoms with Crippen LogP contribution in [-0.4, -0.2) is 34.2 Å². The summed E-state index contributed by atoms with van der Waals surface area (Å²) in [7, 11) is 3.18. The number of hydrogen-bond donors (Lipinski definition) is 1. The van der Waals surface area contributed by atoms with Crippen LogP contribution in [-0.2, 0) is 6.54 Å². The molecule has 0 unspecified atom stereocenters. The predicted octanol–water partition coefficient (Wildman–Crippen LogP) is 3.63. The van der Waals surface area contributed by atoms with Crippen LogP contribution in [0.15, 0.2) is 73.1 Å². The number of methoxy groups -OCH3 is 2. The van der Waals surface area contributed by atoms with E-state index >= 15 is 0 Å². The number of nitriles is 1. The highest BCUT2D eigenvalue weighted by Crippen LogP contribution is 2.22. The summed E-state index contributed by atoms with van der Waals surface area (Å²) < 4.78 is 10.3. The van der Waals surface area contributed by atoms with Gasteiger partial charge in [-0.25, -0.2) is 9.97 Å². The Morgan fingerprint density at radius 3 is 1.81 bits per heavy atom. The fourth-order valence-corrected chi connectivity index (χ4v) is 2.75. The molecule has 0 aliphatic rings. The first-order chi connectivity index (χ1) is 15.7. The molecule has 0 fully saturated rings. The van der Waals surface area contributed by atoms with Gasteiger partial charge >= 0.3 is 0 Å². The molecule has 0 saturated carbocycles. The second-order valence-electron chi connectivity index (χ2n) is 6.41. The van der Waals surface area contributed by atoms with E-state index in [-0.39, 0.29) is 0 Å². The van der Waals surface area contributed by atoms with Crippen LogP contribution in [0.3, 0.4) is 0 Å². The van der Waals surface area contributed by atoms with Crippen molar-refractivity contribution in [3.8, 4) is 40.3 Å². The smallest absolute Gasteiger partial charge is 0.144 e. The molecule has 0 aromatic carbocycles. The van der Waals surface area contributed by atoms with Gasteiger partial charge in [0.05, 0.1) is 42.7 Å². The van der Waals surface area contributed by atoms with E-state index in [1.165, 1.54) is 0 Å². The molecule has 2 N–H and O–H groups in total. The lowest BCUT2D eigenvalue weighted by molar-refractivity contribution is 0.413. The largest absolute Gasteiger partial charge is 0.497 e. The van der Waals surface area contributed by atoms with Crippen molar-refractivity contribution in [2.45, 2.75) is 6.54 Å². The molecule has 0 aliphatic heterocycles. The standard InChI is InChI=1S/C12H13N3O.C12H9N3O/c2*1-16-10-6-9(8-13)15-12(7-10)11-4-2-3-5-14-11/h2-7H,8,13H2,1H3;2-7H,1H3. The third-order valence-corrected chi connectivity index (χ3v) is 4.30. The van der Waals surface area contributed by atoms with E-state index in [1.807, 2.05) is 54.6 Å². The summed E-state index contributed by atoms with van der Waals surface area (Å²) in [5.74, 6) is 1.35. The zero-order valence-electron chi connectivity index (χ0n) is 17.8. The van der Waals surface area contributed by atoms with Crippen molar-refractivity contribution in [1.82, 2.24) is 19.9 Å². The molecule has 8 heteroatoms. The Hall–Kier alpha value is -4.35. The van der Waals surface area contributed by atoms with Gasteiger partial charge in [-0.1, -0.05) is 12.1 Å². The Bertz CT molecular complexity index is 1170. The number of aromatic nitrogens is 4. The number of rotatable bonds is 5. The number of ether oxygens (including phenoxy) is 2. The van der Waals surface area contributed by atoms with Crippen molar-refractivity contribution in [3.05, 3.63) is 84.4 Å². The second kappa shape index (κ2) is 11.2. The van der Waals surface area contributed by atoms with Crippen LogP contribution in [0.1, 0.15) is 11.4 Å². The van der Waals surface area contributed by atoms with Gasteiger partial charge in [-0.2, -0.15) is 5.26 Å². The molecule has 4 rings (SSSR count). The lowest BCUT2D eigenvalue weighted by Gasteiger charge is -2.06. The quantitative estimate of drug-likeness (QED) is 0.514. The van der Waals surface area contributed by atoms with E-state index in [9.17, 15) is 0 Å². The van der Waals surface area contributed by atoms with Crippen molar-refractivity contribution >= 4 is 0 Å². The third-order valence-electron chi connectivity index (χ3n) is 4.30. The first kappa shape index (κ1) is 22.3. The maximum absolute atomic E-state index is 8.84. The SMILES string of the molecule is COc1cc(C#N)nc(-c2ccccn2)c1.COc1cc(CN)nc(-c2ccccn2)c1. The van der Waals surface area contributed by atoms with Gasteiger partial charge in [0.1, 0.15) is 23.3 Å². The van der Waals surface area contributed by atoms with E-state index in [0.29, 0.717) is 23.7 Å². The summed E-state index contributed by atoms with van der Waals surface area (Å²) in [6.07, 6.45) is 3.42. The summed E-state index contributed by atoms with van der Waals surface area (Å²) in [6.45, 7) is 0.386. The van der Waals surface area contributed by atoms with E-state index in [4.69, 9.17) is 20.5 Å². The first-order valence-electron chi connectivity index (χ1n) is 9.70. The van der Waals surface area contributed by atoms with E-state index in [1.54, 1.807) is 38.7 Å². The Labute approximate surface area is 186 Å². The minimum Gasteiger partial charge on any atom is -0.497 e. The van der Waals surface area contributed by atoms with Gasteiger partial charge in [-0.15, -0.1) is 0 Å². The summed E-state index contributed by atoms with van der Waals surface area (Å²) >= 11 is 0. The van der Waals surface area contributed by atoms with Crippen molar-refractivity contribution in [2.24, 2.45) is 5.73 Å². The average Bonchev–Trinajstić information content (AvgIpc) is 2.89. The fraction of sp³-hybridized carbons (Fsp3) is 0.125. The normalized spacial score (nSPS) is 9.81. The zero-order chi connectivity index (χ0) is 22.8. The number of hydrogen-bond acceptors (Lipinski definition) is 8. The Balaban J connectivity index is 0.000000181. The monoisotopic (exact) mass is 426 g/mol. The molecule has 8 nitrogen and oxygen atoms in total. The number of pyridine rings is 4. The van der Waals surface area contributed by atoms with Crippen LogP contribution in [0, 0.1) is 11.3 Å². The van der Waals surface area contributed by atoms with Crippen LogP contribution in [0.5, 0.6) is 11.5 Å². The topological polar surface area (TPSA) is 120 Å². The Morgan fingerprint density at radius 1 is 0.781 bits per heavy atom. The molecule has 0 atom stereocenters. The van der Waals surface area contributed by atoms with E-state index in [0.717, 1.165) is 28.5 Å². The first-order valence-corrected chi connectivity index (χ1v) is 9.70. The minimum atomic E-state index is 0.319. The van der Waals surface area contributed by atoms with Crippen molar-refractivity contribution in [3.63, 3.8) is 0 Å². The van der Waals surface area contributed by atoms with Gasteiger partial charge < -0.3 is 15.2 Å². The molecule has 0 bridgehead atoms. The van der Waals surface area contributed by atoms with Crippen molar-refractivity contribution in [2.75, 3.05) is 14.2 Å². The lowest BCUT2D eigenvalue weighted by atomic mass is 10.2. The highest BCUT2D eigenvalue weighted by molar-refractivity contribution is 5.58. The molecular formula is C24H22N6O2. The molecule has 0 radical (unpaired) electrons. The molecule has 160 valence electrons. The molecule has 0 saturated heterocycles. The van der Waals surface area contributed by atoms with Crippen LogP contribution in [0.25, 0.3) is 22.8 Å². The predicted molar refractivity (Wildman–Crippen MR) is 121 cm³/mol. The Kier molecular flexibility index (Phi) is 7.79. The van der Waals surface area contributed by atoms with Crippen LogP contribution in [0.2, 0.25) is 0 Å². The Morgan fingerprint density at radius 2 is 1.34 bits per heavy atom. The highest BCUT2D eigenvalue weighted by atomic mass is 16.5. The van der Waals surface area contributed by atoms with Crippen LogP contribution >= 0.6 is 0 Å². The average molecular weight is 426 g/mol. The maximum Gasteiger partial charge on any atom is 0.144 e. The van der Waals surface area contributed by atoms with Gasteiger partial charge in [-0.3, -0.25) is 9.97 Å². The summed E-state index contributed by atoms with van der Waals surface area (Å²) in [4.78, 5) is 17.0. The molecule has 0 aliphatic carbocycles. The van der Waals surface area contributed by atoms with Gasteiger partial charge in [0.15, 0.2) is 0 Å². The van der Waals surface area contributed by atoms with E-state index < -0.39 is 0 Å². The lowest BCUT2D eigenvalue weighted by Crippen LogP contribution is -2.01. The van der Waals surface area contributed by atoms with Gasteiger partial charge in [0, 0.05) is 43.2 Å². The fourth-order valence-electron chi connectivity index (χ4n) is 2.75. The number of nitrogens with zero attached hydrogens (tertiary/aromatic N) is 5. The molecule has 0 spiro atoms. The molecule has 32 heavy (non-hydrogen) atoms. The van der Waals surface area contributed by atoms with Gasteiger partial charge in [-0.05, 0) is 24.3 Å². The van der Waals surface area contributed by atoms with Gasteiger partial charge in [0.2, 0.25) is 0 Å². The summed E-state index contributed by atoms with van der Waals surface area (Å²) in [6, 6.07) is 20.2. The molecule has 4 aromatic heterocycles. The summed E-state index contributed by atoms with van der Waals surface area (Å²) in [5.41, 5.74) is 9.64. The molecule has 4 heterocycles.